The molecule has 3 fully saturated rings. The zero-order valence-electron chi connectivity index (χ0n) is 20.3. The lowest BCUT2D eigenvalue weighted by molar-refractivity contribution is -0.125. The normalized spacial score (nSPS) is 28.8. The lowest BCUT2D eigenvalue weighted by Gasteiger charge is -2.32. The molecule has 0 saturated carbocycles. The number of amides is 2. The number of para-hydroxylation sites is 2. The minimum Gasteiger partial charge on any atom is -0.463 e. The van der Waals surface area contributed by atoms with Gasteiger partial charge < -0.3 is 9.15 Å². The van der Waals surface area contributed by atoms with Crippen molar-refractivity contribution in [2.75, 3.05) is 9.91 Å². The predicted molar refractivity (Wildman–Crippen MR) is 145 cm³/mol. The third-order valence-corrected chi connectivity index (χ3v) is 8.61. The summed E-state index contributed by atoms with van der Waals surface area (Å²) in [5.74, 6) is -2.31. The third kappa shape index (κ3) is 3.04. The molecule has 8 nitrogen and oxygen atoms in total. The van der Waals surface area contributed by atoms with Gasteiger partial charge in [0.1, 0.15) is 11.8 Å². The van der Waals surface area contributed by atoms with Gasteiger partial charge in [-0.05, 0) is 48.5 Å². The Labute approximate surface area is 227 Å². The second kappa shape index (κ2) is 8.11. The first-order valence-corrected chi connectivity index (χ1v) is 13.1. The van der Waals surface area contributed by atoms with Gasteiger partial charge in [-0.1, -0.05) is 41.9 Å². The Hall–Kier alpha value is -4.27. The van der Waals surface area contributed by atoms with E-state index in [1.54, 1.807) is 42.5 Å². The Morgan fingerprint density at radius 2 is 1.44 bits per heavy atom. The maximum atomic E-state index is 13.8. The number of imide groups is 1. The van der Waals surface area contributed by atoms with Crippen LogP contribution in [0.4, 0.5) is 11.4 Å². The Bertz CT molecular complexity index is 1770. The third-order valence-electron chi connectivity index (χ3n) is 8.35. The number of carbonyl (C=O) groups excluding carboxylic acids is 2. The van der Waals surface area contributed by atoms with Gasteiger partial charge in [-0.3, -0.25) is 19.4 Å². The maximum absolute atomic E-state index is 13.8. The van der Waals surface area contributed by atoms with Crippen LogP contribution in [-0.2, 0) is 14.3 Å². The van der Waals surface area contributed by atoms with Crippen LogP contribution in [0.5, 0.6) is 0 Å². The Morgan fingerprint density at radius 1 is 0.744 bits per heavy atom. The summed E-state index contributed by atoms with van der Waals surface area (Å²) in [5, 5.41) is 7.76. The van der Waals surface area contributed by atoms with Crippen LogP contribution in [-0.4, -0.2) is 35.8 Å². The van der Waals surface area contributed by atoms with Gasteiger partial charge in [-0.2, -0.15) is 5.10 Å². The number of fused-ring (bicyclic) bond motifs is 9. The first-order valence-electron chi connectivity index (χ1n) is 12.8. The van der Waals surface area contributed by atoms with E-state index in [1.807, 2.05) is 41.4 Å². The summed E-state index contributed by atoms with van der Waals surface area (Å²) in [6.45, 7) is 0. The highest BCUT2D eigenvalue weighted by Crippen LogP contribution is 2.56. The van der Waals surface area contributed by atoms with Crippen molar-refractivity contribution in [3.63, 3.8) is 0 Å². The van der Waals surface area contributed by atoms with Gasteiger partial charge in [0.25, 0.3) is 0 Å². The second-order valence-electron chi connectivity index (χ2n) is 10.3. The first-order chi connectivity index (χ1) is 19.0. The van der Waals surface area contributed by atoms with Crippen LogP contribution in [0.25, 0.3) is 11.0 Å². The molecule has 0 N–H and O–H groups in total. The summed E-state index contributed by atoms with van der Waals surface area (Å²) in [4.78, 5) is 42.4. The van der Waals surface area contributed by atoms with E-state index >= 15 is 0 Å². The minimum absolute atomic E-state index is 0.194. The number of ether oxygens (including phenoxy) is 1. The molecule has 2 bridgehead atoms. The van der Waals surface area contributed by atoms with E-state index < -0.39 is 30.0 Å². The number of carbonyl (C=O) groups is 2. The summed E-state index contributed by atoms with van der Waals surface area (Å²) in [5.41, 5.74) is 2.44. The highest BCUT2D eigenvalue weighted by Gasteiger charge is 2.72. The quantitative estimate of drug-likeness (QED) is 0.363. The van der Waals surface area contributed by atoms with Gasteiger partial charge in [-0.25, -0.2) is 4.90 Å². The van der Waals surface area contributed by atoms with Crippen LogP contribution >= 0.6 is 11.6 Å². The number of nitrogens with zero attached hydrogens (tertiary/aromatic N) is 3. The molecule has 6 unspecified atom stereocenters. The minimum atomic E-state index is -0.673. The van der Waals surface area contributed by atoms with Gasteiger partial charge in [0.15, 0.2) is 0 Å². The zero-order valence-corrected chi connectivity index (χ0v) is 21.1. The number of hydrogen-bond acceptors (Lipinski definition) is 7. The predicted octanol–water partition coefficient (Wildman–Crippen LogP) is 4.24. The first kappa shape index (κ1) is 22.7. The molecule has 9 heteroatoms. The molecule has 1 aromatic heterocycles. The molecule has 0 spiro atoms. The fraction of sp³-hybridized carbons (Fsp3) is 0.200. The molecule has 39 heavy (non-hydrogen) atoms. The zero-order chi connectivity index (χ0) is 26.4. The van der Waals surface area contributed by atoms with E-state index in [-0.39, 0.29) is 23.3 Å². The standard InChI is InChI=1S/C30H20ClN3O5/c31-15-10-12-16(13-11-15)33-29(36)21-22(30(33)37)28-25-23(27(21)39-28)24(32-34(25)17-6-2-1-3-7-17)19-14-38-20-9-5-4-8-18(20)26(19)35/h1-14,21-23,25,27-28H. The van der Waals surface area contributed by atoms with Crippen LogP contribution in [0.15, 0.2) is 99.4 Å². The molecule has 192 valence electrons. The van der Waals surface area contributed by atoms with Crippen molar-refractivity contribution in [2.24, 2.45) is 22.9 Å². The number of anilines is 2. The van der Waals surface area contributed by atoms with E-state index in [4.69, 9.17) is 25.9 Å². The number of benzene rings is 3. The molecule has 4 aliphatic heterocycles. The molecule has 3 aromatic carbocycles. The SMILES string of the molecule is O=C1C2C3OC(C2C(=O)N1c1ccc(Cl)cc1)C1C3C(c2coc3ccccc3c2=O)=NN1c1ccccc1. The van der Waals surface area contributed by atoms with Crippen LogP contribution in [0.1, 0.15) is 5.56 Å². The molecule has 0 aliphatic carbocycles. The van der Waals surface area contributed by atoms with E-state index in [9.17, 15) is 14.4 Å². The van der Waals surface area contributed by atoms with Crippen molar-refractivity contribution in [2.45, 2.75) is 18.2 Å². The summed E-state index contributed by atoms with van der Waals surface area (Å²) >= 11 is 6.05. The highest BCUT2D eigenvalue weighted by molar-refractivity contribution is 6.31. The highest BCUT2D eigenvalue weighted by atomic mass is 35.5. The van der Waals surface area contributed by atoms with Crippen LogP contribution in [0.2, 0.25) is 5.02 Å². The van der Waals surface area contributed by atoms with Crippen molar-refractivity contribution in [3.8, 4) is 0 Å². The summed E-state index contributed by atoms with van der Waals surface area (Å²) in [7, 11) is 0. The summed E-state index contributed by atoms with van der Waals surface area (Å²) in [6, 6.07) is 23.0. The van der Waals surface area contributed by atoms with Crippen molar-refractivity contribution in [3.05, 3.63) is 106 Å². The molecular weight excluding hydrogens is 518 g/mol. The molecule has 6 atom stereocenters. The summed E-state index contributed by atoms with van der Waals surface area (Å²) < 4.78 is 12.3. The van der Waals surface area contributed by atoms with Crippen LogP contribution in [0, 0.1) is 17.8 Å². The van der Waals surface area contributed by atoms with E-state index in [0.29, 0.717) is 33.0 Å². The van der Waals surface area contributed by atoms with E-state index in [0.717, 1.165) is 5.69 Å². The Kier molecular flexibility index (Phi) is 4.72. The topological polar surface area (TPSA) is 92.4 Å². The number of halogens is 1. The largest absolute Gasteiger partial charge is 0.463 e. The number of hydrazone groups is 1. The van der Waals surface area contributed by atoms with Crippen molar-refractivity contribution in [1.82, 2.24) is 0 Å². The van der Waals surface area contributed by atoms with Crippen molar-refractivity contribution >= 4 is 51.5 Å². The smallest absolute Gasteiger partial charge is 0.240 e. The van der Waals surface area contributed by atoms with E-state index in [1.165, 1.54) is 11.2 Å². The van der Waals surface area contributed by atoms with Gasteiger partial charge in [0, 0.05) is 5.02 Å². The molecule has 4 aliphatic rings. The average molecular weight is 538 g/mol. The Balaban J connectivity index is 1.26. The van der Waals surface area contributed by atoms with Gasteiger partial charge in [0.2, 0.25) is 17.2 Å². The van der Waals surface area contributed by atoms with Gasteiger partial charge in [0.05, 0.1) is 64.0 Å². The number of hydrogen-bond donors (Lipinski definition) is 0. The average Bonchev–Trinajstić information content (AvgIpc) is 3.70. The lowest BCUT2D eigenvalue weighted by atomic mass is 9.70. The fourth-order valence-corrected chi connectivity index (χ4v) is 6.88. The van der Waals surface area contributed by atoms with E-state index in [2.05, 4.69) is 0 Å². The van der Waals surface area contributed by atoms with Crippen LogP contribution in [0.3, 0.4) is 0 Å². The maximum Gasteiger partial charge on any atom is 0.240 e. The molecule has 5 heterocycles. The Morgan fingerprint density at radius 3 is 2.21 bits per heavy atom. The fourth-order valence-electron chi connectivity index (χ4n) is 6.76. The molecule has 8 rings (SSSR count). The number of rotatable bonds is 3. The second-order valence-corrected chi connectivity index (χ2v) is 10.7. The van der Waals surface area contributed by atoms with Crippen molar-refractivity contribution < 1.29 is 18.7 Å². The lowest BCUT2D eigenvalue weighted by Crippen LogP contribution is -2.50. The monoisotopic (exact) mass is 537 g/mol. The molecule has 0 radical (unpaired) electrons. The molecule has 2 amide bonds. The van der Waals surface area contributed by atoms with Crippen molar-refractivity contribution in [1.29, 1.82) is 0 Å². The molecule has 4 aromatic rings. The van der Waals surface area contributed by atoms with Crippen LogP contribution < -0.4 is 15.3 Å². The molecular formula is C30H20ClN3O5. The van der Waals surface area contributed by atoms with Gasteiger partial charge >= 0.3 is 0 Å². The molecule has 3 saturated heterocycles. The summed E-state index contributed by atoms with van der Waals surface area (Å²) in [6.07, 6.45) is 0.255. The van der Waals surface area contributed by atoms with Gasteiger partial charge in [-0.15, -0.1) is 0 Å².